The first-order valence-electron chi connectivity index (χ1n) is 7.45. The molecule has 0 saturated heterocycles. The number of nitrogens with two attached hydrogens (primary N) is 1. The summed E-state index contributed by atoms with van der Waals surface area (Å²) in [5.41, 5.74) is 6.46. The van der Waals surface area contributed by atoms with Crippen LogP contribution in [0.5, 0.6) is 0 Å². The van der Waals surface area contributed by atoms with Crippen molar-refractivity contribution in [3.63, 3.8) is 0 Å². The predicted octanol–water partition coefficient (Wildman–Crippen LogP) is 2.06. The van der Waals surface area contributed by atoms with Crippen LogP contribution in [0, 0.1) is 0 Å². The number of benzene rings is 1. The molecule has 2 aromatic heterocycles. The van der Waals surface area contributed by atoms with E-state index in [9.17, 15) is 9.59 Å². The van der Waals surface area contributed by atoms with Crippen LogP contribution in [0.2, 0.25) is 5.02 Å². The van der Waals surface area contributed by atoms with Crippen LogP contribution in [0.15, 0.2) is 57.9 Å². The molecule has 2 heterocycles. The maximum atomic E-state index is 12.1. The molecule has 1 amide bonds. The lowest BCUT2D eigenvalue weighted by Gasteiger charge is -2.09. The van der Waals surface area contributed by atoms with Crippen molar-refractivity contribution in [2.45, 2.75) is 13.1 Å². The molecular formula is C17H15ClN4O3. The van der Waals surface area contributed by atoms with Crippen LogP contribution in [-0.4, -0.2) is 15.7 Å². The van der Waals surface area contributed by atoms with Gasteiger partial charge in [0, 0.05) is 11.6 Å². The lowest BCUT2D eigenvalue weighted by atomic mass is 10.2. The molecule has 0 aliphatic rings. The van der Waals surface area contributed by atoms with Gasteiger partial charge in [-0.25, -0.2) is 4.68 Å². The van der Waals surface area contributed by atoms with E-state index in [2.05, 4.69) is 10.4 Å². The Morgan fingerprint density at radius 1 is 1.28 bits per heavy atom. The number of amides is 1. The number of carbonyl (C=O) groups excluding carboxylic acids is 1. The molecule has 0 unspecified atom stereocenters. The van der Waals surface area contributed by atoms with Crippen molar-refractivity contribution >= 4 is 23.2 Å². The third-order valence-electron chi connectivity index (χ3n) is 3.47. The van der Waals surface area contributed by atoms with Crippen LogP contribution in [0.25, 0.3) is 11.5 Å². The number of halogens is 1. The van der Waals surface area contributed by atoms with E-state index in [1.165, 1.54) is 12.3 Å². The van der Waals surface area contributed by atoms with E-state index in [1.54, 1.807) is 24.3 Å². The molecule has 0 bridgehead atoms. The Kier molecular flexibility index (Phi) is 4.85. The van der Waals surface area contributed by atoms with Crippen LogP contribution in [0.4, 0.5) is 5.69 Å². The summed E-state index contributed by atoms with van der Waals surface area (Å²) in [6, 6.07) is 11.9. The summed E-state index contributed by atoms with van der Waals surface area (Å²) in [5.74, 6) is 0.0996. The van der Waals surface area contributed by atoms with Gasteiger partial charge in [0.15, 0.2) is 5.76 Å². The number of rotatable bonds is 5. The molecule has 0 saturated carbocycles. The zero-order chi connectivity index (χ0) is 17.8. The second kappa shape index (κ2) is 7.23. The van der Waals surface area contributed by atoms with E-state index >= 15 is 0 Å². The Morgan fingerprint density at radius 3 is 2.72 bits per heavy atom. The van der Waals surface area contributed by atoms with Gasteiger partial charge in [-0.2, -0.15) is 5.10 Å². The highest BCUT2D eigenvalue weighted by atomic mass is 35.5. The minimum absolute atomic E-state index is 0.00750. The molecule has 0 spiro atoms. The Balaban J connectivity index is 1.72. The van der Waals surface area contributed by atoms with E-state index in [-0.39, 0.29) is 18.1 Å². The number of hydrogen-bond acceptors (Lipinski definition) is 5. The molecule has 0 aliphatic heterocycles. The monoisotopic (exact) mass is 358 g/mol. The topological polar surface area (TPSA) is 103 Å². The highest BCUT2D eigenvalue weighted by molar-refractivity contribution is 6.30. The summed E-state index contributed by atoms with van der Waals surface area (Å²) in [5, 5.41) is 7.48. The lowest BCUT2D eigenvalue weighted by molar-refractivity contribution is -0.122. The first kappa shape index (κ1) is 16.8. The van der Waals surface area contributed by atoms with Crippen LogP contribution in [0.1, 0.15) is 5.56 Å². The molecule has 1 aromatic carbocycles. The zero-order valence-electron chi connectivity index (χ0n) is 13.1. The van der Waals surface area contributed by atoms with Gasteiger partial charge in [-0.15, -0.1) is 0 Å². The molecule has 128 valence electrons. The molecule has 0 fully saturated rings. The van der Waals surface area contributed by atoms with Crippen molar-refractivity contribution in [1.29, 1.82) is 0 Å². The second-order valence-corrected chi connectivity index (χ2v) is 5.76. The van der Waals surface area contributed by atoms with Crippen molar-refractivity contribution < 1.29 is 9.21 Å². The zero-order valence-corrected chi connectivity index (χ0v) is 13.9. The van der Waals surface area contributed by atoms with Crippen LogP contribution < -0.4 is 16.6 Å². The fourth-order valence-electron chi connectivity index (χ4n) is 2.21. The first-order valence-corrected chi connectivity index (χ1v) is 7.83. The fourth-order valence-corrected chi connectivity index (χ4v) is 2.34. The standard InChI is InChI=1S/C17H15ClN4O3/c18-12-5-3-11(4-6-12)9-20-16(23)10-22-17(24)13(19)8-14(21-22)15-2-1-7-25-15/h1-8H,9-10,19H2,(H,20,23). The first-order chi connectivity index (χ1) is 12.0. The Hall–Kier alpha value is -3.06. The maximum absolute atomic E-state index is 12.1. The molecule has 3 N–H and O–H groups in total. The number of aromatic nitrogens is 2. The Morgan fingerprint density at radius 2 is 2.04 bits per heavy atom. The molecule has 3 aromatic rings. The van der Waals surface area contributed by atoms with Gasteiger partial charge in [0.2, 0.25) is 5.91 Å². The second-order valence-electron chi connectivity index (χ2n) is 5.33. The van der Waals surface area contributed by atoms with E-state index in [0.717, 1.165) is 10.2 Å². The summed E-state index contributed by atoms with van der Waals surface area (Å²) in [4.78, 5) is 24.2. The van der Waals surface area contributed by atoms with Gasteiger partial charge in [-0.1, -0.05) is 23.7 Å². The summed E-state index contributed by atoms with van der Waals surface area (Å²) in [7, 11) is 0. The normalized spacial score (nSPS) is 10.6. The van der Waals surface area contributed by atoms with Gasteiger partial charge in [0.1, 0.15) is 17.9 Å². The molecule has 0 radical (unpaired) electrons. The van der Waals surface area contributed by atoms with E-state index in [4.69, 9.17) is 21.8 Å². The van der Waals surface area contributed by atoms with Gasteiger partial charge in [0.05, 0.1) is 6.26 Å². The van der Waals surface area contributed by atoms with Crippen molar-refractivity contribution in [3.8, 4) is 11.5 Å². The van der Waals surface area contributed by atoms with Crippen molar-refractivity contribution in [2.24, 2.45) is 0 Å². The quantitative estimate of drug-likeness (QED) is 0.726. The van der Waals surface area contributed by atoms with Crippen LogP contribution >= 0.6 is 11.6 Å². The van der Waals surface area contributed by atoms with Crippen molar-refractivity contribution in [2.75, 3.05) is 5.73 Å². The SMILES string of the molecule is Nc1cc(-c2ccco2)nn(CC(=O)NCc2ccc(Cl)cc2)c1=O. The molecule has 7 nitrogen and oxygen atoms in total. The van der Waals surface area contributed by atoms with Gasteiger partial charge in [0.25, 0.3) is 5.56 Å². The Labute approximate surface area is 148 Å². The largest absolute Gasteiger partial charge is 0.463 e. The average molecular weight is 359 g/mol. The molecule has 0 aliphatic carbocycles. The summed E-state index contributed by atoms with van der Waals surface area (Å²) < 4.78 is 6.26. The summed E-state index contributed by atoms with van der Waals surface area (Å²) in [6.07, 6.45) is 1.49. The molecule has 3 rings (SSSR count). The number of nitrogens with zero attached hydrogens (tertiary/aromatic N) is 2. The van der Waals surface area contributed by atoms with Gasteiger partial charge < -0.3 is 15.5 Å². The summed E-state index contributed by atoms with van der Waals surface area (Å²) >= 11 is 5.82. The number of hydrogen-bond donors (Lipinski definition) is 2. The van der Waals surface area contributed by atoms with Crippen molar-refractivity contribution in [1.82, 2.24) is 15.1 Å². The van der Waals surface area contributed by atoms with Gasteiger partial charge in [-0.3, -0.25) is 9.59 Å². The Bertz CT molecular complexity index is 934. The maximum Gasteiger partial charge on any atom is 0.290 e. The third kappa shape index (κ3) is 4.07. The van der Waals surface area contributed by atoms with E-state index in [1.807, 2.05) is 12.1 Å². The lowest BCUT2D eigenvalue weighted by Crippen LogP contribution is -2.34. The molecule has 0 atom stereocenters. The number of furan rings is 1. The molecular weight excluding hydrogens is 344 g/mol. The van der Waals surface area contributed by atoms with E-state index in [0.29, 0.717) is 23.0 Å². The molecule has 25 heavy (non-hydrogen) atoms. The van der Waals surface area contributed by atoms with E-state index < -0.39 is 5.56 Å². The van der Waals surface area contributed by atoms with Gasteiger partial charge >= 0.3 is 0 Å². The van der Waals surface area contributed by atoms with Crippen LogP contribution in [0.3, 0.4) is 0 Å². The summed E-state index contributed by atoms with van der Waals surface area (Å²) in [6.45, 7) is 0.0727. The van der Waals surface area contributed by atoms with Gasteiger partial charge in [-0.05, 0) is 35.9 Å². The fraction of sp³-hybridized carbons (Fsp3) is 0.118. The minimum Gasteiger partial charge on any atom is -0.463 e. The highest BCUT2D eigenvalue weighted by Crippen LogP contribution is 2.17. The smallest absolute Gasteiger partial charge is 0.290 e. The predicted molar refractivity (Wildman–Crippen MR) is 93.9 cm³/mol. The number of nitrogen functional groups attached to an aromatic ring is 1. The average Bonchev–Trinajstić information content (AvgIpc) is 3.13. The highest BCUT2D eigenvalue weighted by Gasteiger charge is 2.12. The van der Waals surface area contributed by atoms with Crippen molar-refractivity contribution in [3.05, 3.63) is 69.7 Å². The third-order valence-corrected chi connectivity index (χ3v) is 3.72. The van der Waals surface area contributed by atoms with Crippen LogP contribution in [-0.2, 0) is 17.9 Å². The minimum atomic E-state index is -0.531. The molecule has 8 heteroatoms. The number of anilines is 1. The number of nitrogens with one attached hydrogen (secondary N) is 1. The number of carbonyl (C=O) groups is 1.